The fourth-order valence-electron chi connectivity index (χ4n) is 2.68. The van der Waals surface area contributed by atoms with E-state index in [9.17, 15) is 4.79 Å². The zero-order valence-electron chi connectivity index (χ0n) is 12.4. The first-order valence-corrected chi connectivity index (χ1v) is 7.05. The molecule has 4 rings (SSSR count). The lowest BCUT2D eigenvalue weighted by molar-refractivity contribution is 0.415. The molecular formula is C16H14N4O3. The molecule has 0 saturated heterocycles. The molecule has 4 aromatic rings. The Labute approximate surface area is 130 Å². The summed E-state index contributed by atoms with van der Waals surface area (Å²) in [5.74, 6) is 2.16. The fraction of sp³-hybridized carbons (Fsp3) is 0.125. The minimum atomic E-state index is -0.228. The Bertz CT molecular complexity index is 1060. The zero-order chi connectivity index (χ0) is 16.0. The van der Waals surface area contributed by atoms with Gasteiger partial charge in [-0.05, 0) is 24.3 Å². The number of ether oxygens (including phenoxy) is 1. The molecule has 1 aromatic carbocycles. The summed E-state index contributed by atoms with van der Waals surface area (Å²) >= 11 is 0. The summed E-state index contributed by atoms with van der Waals surface area (Å²) in [5, 5.41) is 0. The van der Waals surface area contributed by atoms with Crippen LogP contribution in [0.4, 0.5) is 5.82 Å². The molecule has 116 valence electrons. The van der Waals surface area contributed by atoms with Gasteiger partial charge in [-0.3, -0.25) is 13.8 Å². The van der Waals surface area contributed by atoms with Crippen LogP contribution in [0.2, 0.25) is 0 Å². The lowest BCUT2D eigenvalue weighted by atomic mass is 10.3. The van der Waals surface area contributed by atoms with Gasteiger partial charge in [0.15, 0.2) is 0 Å². The number of nitrogens with two attached hydrogens (primary N) is 1. The Morgan fingerprint density at radius 2 is 2.17 bits per heavy atom. The van der Waals surface area contributed by atoms with Crippen LogP contribution in [0.1, 0.15) is 5.76 Å². The lowest BCUT2D eigenvalue weighted by Crippen LogP contribution is -2.23. The summed E-state index contributed by atoms with van der Waals surface area (Å²) < 4.78 is 13.9. The molecule has 0 spiro atoms. The number of rotatable bonds is 3. The van der Waals surface area contributed by atoms with Crippen molar-refractivity contribution in [2.45, 2.75) is 6.54 Å². The fourth-order valence-corrected chi connectivity index (χ4v) is 2.68. The highest BCUT2D eigenvalue weighted by Gasteiger charge is 2.14. The van der Waals surface area contributed by atoms with Gasteiger partial charge < -0.3 is 14.9 Å². The number of nitrogens with zero attached hydrogens (tertiary/aromatic N) is 3. The number of fused-ring (bicyclic) bond motifs is 3. The molecule has 3 aromatic heterocycles. The molecule has 23 heavy (non-hydrogen) atoms. The first-order valence-electron chi connectivity index (χ1n) is 7.05. The minimum Gasteiger partial charge on any atom is -0.497 e. The van der Waals surface area contributed by atoms with Gasteiger partial charge in [-0.15, -0.1) is 0 Å². The monoisotopic (exact) mass is 310 g/mol. The second kappa shape index (κ2) is 4.91. The highest BCUT2D eigenvalue weighted by atomic mass is 16.5. The Hall–Kier alpha value is -3.22. The van der Waals surface area contributed by atoms with E-state index in [-0.39, 0.29) is 12.1 Å². The standard InChI is InChI=1S/C16H14N4O3/c1-22-10-4-5-12-13(7-10)20-14(17)8-15(21)19(16(20)18-12)9-11-3-2-6-23-11/h2-8H,9,17H2,1H3. The molecule has 0 fully saturated rings. The van der Waals surface area contributed by atoms with E-state index in [0.717, 1.165) is 11.0 Å². The third-order valence-electron chi connectivity index (χ3n) is 3.77. The van der Waals surface area contributed by atoms with Crippen molar-refractivity contribution < 1.29 is 9.15 Å². The summed E-state index contributed by atoms with van der Waals surface area (Å²) in [6.07, 6.45) is 1.57. The summed E-state index contributed by atoms with van der Waals surface area (Å²) in [4.78, 5) is 16.9. The molecule has 0 aliphatic carbocycles. The molecule has 7 nitrogen and oxygen atoms in total. The predicted octanol–water partition coefficient (Wildman–Crippen LogP) is 1.88. The molecule has 0 radical (unpaired) electrons. The van der Waals surface area contributed by atoms with Crippen molar-refractivity contribution >= 4 is 22.6 Å². The van der Waals surface area contributed by atoms with Crippen molar-refractivity contribution in [2.24, 2.45) is 0 Å². The van der Waals surface area contributed by atoms with E-state index >= 15 is 0 Å². The predicted molar refractivity (Wildman–Crippen MR) is 85.7 cm³/mol. The van der Waals surface area contributed by atoms with Gasteiger partial charge in [0.2, 0.25) is 5.78 Å². The Morgan fingerprint density at radius 1 is 1.30 bits per heavy atom. The van der Waals surface area contributed by atoms with Crippen LogP contribution in [0.5, 0.6) is 5.75 Å². The van der Waals surface area contributed by atoms with Gasteiger partial charge >= 0.3 is 0 Å². The van der Waals surface area contributed by atoms with Crippen molar-refractivity contribution in [1.29, 1.82) is 0 Å². The summed E-state index contributed by atoms with van der Waals surface area (Å²) in [6.45, 7) is 0.288. The Morgan fingerprint density at radius 3 is 2.91 bits per heavy atom. The smallest absolute Gasteiger partial charge is 0.257 e. The molecular weight excluding hydrogens is 296 g/mol. The maximum Gasteiger partial charge on any atom is 0.257 e. The topological polar surface area (TPSA) is 87.7 Å². The number of benzene rings is 1. The van der Waals surface area contributed by atoms with Crippen molar-refractivity contribution in [3.05, 3.63) is 58.8 Å². The number of nitrogen functional groups attached to an aromatic ring is 1. The number of methoxy groups -OCH3 is 1. The van der Waals surface area contributed by atoms with Crippen LogP contribution in [-0.2, 0) is 6.54 Å². The van der Waals surface area contributed by atoms with Crippen LogP contribution >= 0.6 is 0 Å². The second-order valence-electron chi connectivity index (χ2n) is 5.17. The second-order valence-corrected chi connectivity index (χ2v) is 5.17. The van der Waals surface area contributed by atoms with Crippen LogP contribution in [-0.4, -0.2) is 21.1 Å². The molecule has 0 unspecified atom stereocenters. The van der Waals surface area contributed by atoms with Gasteiger partial charge in [0.05, 0.1) is 31.0 Å². The summed E-state index contributed by atoms with van der Waals surface area (Å²) in [6, 6.07) is 10.5. The summed E-state index contributed by atoms with van der Waals surface area (Å²) in [5.41, 5.74) is 7.33. The highest BCUT2D eigenvalue weighted by molar-refractivity contribution is 5.82. The van der Waals surface area contributed by atoms with Crippen molar-refractivity contribution in [1.82, 2.24) is 14.0 Å². The number of hydrogen-bond acceptors (Lipinski definition) is 5. The van der Waals surface area contributed by atoms with E-state index in [4.69, 9.17) is 14.9 Å². The van der Waals surface area contributed by atoms with Gasteiger partial charge in [0.25, 0.3) is 5.56 Å². The maximum atomic E-state index is 12.3. The van der Waals surface area contributed by atoms with E-state index in [1.807, 2.05) is 24.3 Å². The van der Waals surface area contributed by atoms with E-state index in [0.29, 0.717) is 23.1 Å². The normalized spacial score (nSPS) is 11.3. The molecule has 0 atom stereocenters. The van der Waals surface area contributed by atoms with Crippen LogP contribution in [0.25, 0.3) is 16.8 Å². The number of aromatic nitrogens is 3. The van der Waals surface area contributed by atoms with Gasteiger partial charge in [0.1, 0.15) is 17.3 Å². The zero-order valence-corrected chi connectivity index (χ0v) is 12.4. The summed E-state index contributed by atoms with van der Waals surface area (Å²) in [7, 11) is 1.60. The van der Waals surface area contributed by atoms with Crippen molar-refractivity contribution in [3.63, 3.8) is 0 Å². The number of furan rings is 1. The third-order valence-corrected chi connectivity index (χ3v) is 3.77. The van der Waals surface area contributed by atoms with Gasteiger partial charge in [-0.2, -0.15) is 0 Å². The number of imidazole rings is 1. The molecule has 0 saturated carbocycles. The van der Waals surface area contributed by atoms with Gasteiger partial charge in [-0.25, -0.2) is 4.98 Å². The van der Waals surface area contributed by atoms with Crippen molar-refractivity contribution in [3.8, 4) is 5.75 Å². The van der Waals surface area contributed by atoms with E-state index < -0.39 is 0 Å². The minimum absolute atomic E-state index is 0.228. The van der Waals surface area contributed by atoms with Gasteiger partial charge in [-0.1, -0.05) is 0 Å². The average Bonchev–Trinajstić information content (AvgIpc) is 3.17. The first kappa shape index (κ1) is 13.4. The third kappa shape index (κ3) is 2.05. The lowest BCUT2D eigenvalue weighted by Gasteiger charge is -2.08. The average molecular weight is 310 g/mol. The molecule has 0 aliphatic rings. The molecule has 2 N–H and O–H groups in total. The molecule has 7 heteroatoms. The largest absolute Gasteiger partial charge is 0.497 e. The first-order chi connectivity index (χ1) is 11.2. The van der Waals surface area contributed by atoms with E-state index in [1.54, 1.807) is 23.8 Å². The SMILES string of the molecule is COc1ccc2nc3n(Cc4ccco4)c(=O)cc(N)n3c2c1. The molecule has 0 amide bonds. The Kier molecular flexibility index (Phi) is 2.87. The number of hydrogen-bond donors (Lipinski definition) is 1. The van der Waals surface area contributed by atoms with E-state index in [2.05, 4.69) is 4.98 Å². The quantitative estimate of drug-likeness (QED) is 0.624. The number of anilines is 1. The van der Waals surface area contributed by atoms with Gasteiger partial charge in [0, 0.05) is 12.1 Å². The maximum absolute atomic E-state index is 12.3. The van der Waals surface area contributed by atoms with Crippen molar-refractivity contribution in [2.75, 3.05) is 12.8 Å². The molecule has 3 heterocycles. The Balaban J connectivity index is 2.05. The van der Waals surface area contributed by atoms with E-state index in [1.165, 1.54) is 10.6 Å². The van der Waals surface area contributed by atoms with Crippen LogP contribution in [0.3, 0.4) is 0 Å². The molecule has 0 aliphatic heterocycles. The van der Waals surface area contributed by atoms with Crippen LogP contribution in [0, 0.1) is 0 Å². The van der Waals surface area contributed by atoms with Crippen LogP contribution in [0.15, 0.2) is 51.9 Å². The molecule has 0 bridgehead atoms. The van der Waals surface area contributed by atoms with Crippen LogP contribution < -0.4 is 16.0 Å². The highest BCUT2D eigenvalue weighted by Crippen LogP contribution is 2.23.